The standard InChI is InChI=1S/C22H22N2O3/c1-16-8-7-12-21(17(16)2)27-15-22(26)24(14-18-9-5-6-13-23-18)19-10-3-4-11-20(19)25/h3-13,25H,14-15H2,1-2H3. The molecule has 5 nitrogen and oxygen atoms in total. The molecule has 1 amide bonds. The summed E-state index contributed by atoms with van der Waals surface area (Å²) in [5, 5.41) is 10.2. The van der Waals surface area contributed by atoms with Crippen molar-refractivity contribution in [3.8, 4) is 11.5 Å². The topological polar surface area (TPSA) is 62.7 Å². The molecule has 1 heterocycles. The molecule has 27 heavy (non-hydrogen) atoms. The van der Waals surface area contributed by atoms with E-state index in [2.05, 4.69) is 4.98 Å². The van der Waals surface area contributed by atoms with Gasteiger partial charge in [-0.15, -0.1) is 0 Å². The third-order valence-corrected chi connectivity index (χ3v) is 4.43. The number of amides is 1. The SMILES string of the molecule is Cc1cccc(OCC(=O)N(Cc2ccccn2)c2ccccc2O)c1C. The lowest BCUT2D eigenvalue weighted by Crippen LogP contribution is -2.35. The van der Waals surface area contributed by atoms with Crippen molar-refractivity contribution in [1.29, 1.82) is 0 Å². The maximum Gasteiger partial charge on any atom is 0.265 e. The van der Waals surface area contributed by atoms with Crippen molar-refractivity contribution in [2.45, 2.75) is 20.4 Å². The van der Waals surface area contributed by atoms with Gasteiger partial charge in [0.2, 0.25) is 0 Å². The van der Waals surface area contributed by atoms with Gasteiger partial charge in [0, 0.05) is 6.20 Å². The van der Waals surface area contributed by atoms with Crippen LogP contribution >= 0.6 is 0 Å². The number of aromatic nitrogens is 1. The van der Waals surface area contributed by atoms with Gasteiger partial charge in [0.05, 0.1) is 17.9 Å². The summed E-state index contributed by atoms with van der Waals surface area (Å²) in [4.78, 5) is 18.7. The van der Waals surface area contributed by atoms with Crippen LogP contribution in [0.1, 0.15) is 16.8 Å². The van der Waals surface area contributed by atoms with E-state index in [1.54, 1.807) is 30.5 Å². The van der Waals surface area contributed by atoms with Crippen molar-refractivity contribution in [3.63, 3.8) is 0 Å². The summed E-state index contributed by atoms with van der Waals surface area (Å²) < 4.78 is 5.77. The third kappa shape index (κ3) is 4.44. The predicted molar refractivity (Wildman–Crippen MR) is 105 cm³/mol. The van der Waals surface area contributed by atoms with Gasteiger partial charge in [0.1, 0.15) is 11.5 Å². The highest BCUT2D eigenvalue weighted by Crippen LogP contribution is 2.28. The second-order valence-electron chi connectivity index (χ2n) is 6.28. The highest BCUT2D eigenvalue weighted by Gasteiger charge is 2.20. The van der Waals surface area contributed by atoms with Gasteiger partial charge in [-0.05, 0) is 55.3 Å². The van der Waals surface area contributed by atoms with Crippen molar-refractivity contribution in [1.82, 2.24) is 4.98 Å². The number of nitrogens with zero attached hydrogens (tertiary/aromatic N) is 2. The second kappa shape index (κ2) is 8.36. The molecule has 0 unspecified atom stereocenters. The average molecular weight is 362 g/mol. The minimum Gasteiger partial charge on any atom is -0.506 e. The van der Waals surface area contributed by atoms with Crippen LogP contribution in [-0.4, -0.2) is 22.6 Å². The zero-order chi connectivity index (χ0) is 19.2. The molecule has 5 heteroatoms. The van der Waals surface area contributed by atoms with Gasteiger partial charge in [-0.25, -0.2) is 0 Å². The van der Waals surface area contributed by atoms with Crippen LogP contribution in [0.5, 0.6) is 11.5 Å². The van der Waals surface area contributed by atoms with Gasteiger partial charge in [0.15, 0.2) is 6.61 Å². The van der Waals surface area contributed by atoms with Gasteiger partial charge in [-0.1, -0.05) is 30.3 Å². The van der Waals surface area contributed by atoms with Crippen LogP contribution in [0.25, 0.3) is 0 Å². The van der Waals surface area contributed by atoms with E-state index in [9.17, 15) is 9.90 Å². The Labute approximate surface area is 158 Å². The van der Waals surface area contributed by atoms with E-state index in [1.165, 1.54) is 4.90 Å². The van der Waals surface area contributed by atoms with E-state index in [4.69, 9.17) is 4.74 Å². The number of carbonyl (C=O) groups is 1. The lowest BCUT2D eigenvalue weighted by Gasteiger charge is -2.23. The van der Waals surface area contributed by atoms with E-state index in [0.29, 0.717) is 11.4 Å². The van der Waals surface area contributed by atoms with Crippen LogP contribution in [0.15, 0.2) is 66.9 Å². The number of aryl methyl sites for hydroxylation is 1. The number of hydrogen-bond acceptors (Lipinski definition) is 4. The fourth-order valence-corrected chi connectivity index (χ4v) is 2.75. The molecule has 3 rings (SSSR count). The molecular weight excluding hydrogens is 340 g/mol. The number of hydrogen-bond donors (Lipinski definition) is 1. The predicted octanol–water partition coefficient (Wildman–Crippen LogP) is 4.02. The summed E-state index contributed by atoms with van der Waals surface area (Å²) in [5.74, 6) is 0.454. The molecule has 0 fully saturated rings. The first-order valence-electron chi connectivity index (χ1n) is 8.73. The number of para-hydroxylation sites is 2. The molecule has 1 N–H and O–H groups in total. The molecular formula is C22H22N2O3. The van der Waals surface area contributed by atoms with Crippen LogP contribution in [0.2, 0.25) is 0 Å². The molecule has 1 aromatic heterocycles. The Morgan fingerprint density at radius 3 is 2.56 bits per heavy atom. The Kier molecular flexibility index (Phi) is 5.71. The first-order chi connectivity index (χ1) is 13.1. The smallest absolute Gasteiger partial charge is 0.265 e. The molecule has 3 aromatic rings. The molecule has 0 aliphatic rings. The summed E-state index contributed by atoms with van der Waals surface area (Å²) in [7, 11) is 0. The fraction of sp³-hybridized carbons (Fsp3) is 0.182. The summed E-state index contributed by atoms with van der Waals surface area (Å²) >= 11 is 0. The Hall–Kier alpha value is -3.34. The van der Waals surface area contributed by atoms with Crippen molar-refractivity contribution in [2.24, 2.45) is 0 Å². The normalized spacial score (nSPS) is 10.4. The van der Waals surface area contributed by atoms with Gasteiger partial charge in [-0.2, -0.15) is 0 Å². The van der Waals surface area contributed by atoms with E-state index >= 15 is 0 Å². The van der Waals surface area contributed by atoms with Gasteiger partial charge in [0.25, 0.3) is 5.91 Å². The lowest BCUT2D eigenvalue weighted by atomic mass is 10.1. The average Bonchev–Trinajstić information content (AvgIpc) is 2.68. The highest BCUT2D eigenvalue weighted by molar-refractivity contribution is 5.95. The molecule has 0 aliphatic heterocycles. The van der Waals surface area contributed by atoms with E-state index in [0.717, 1.165) is 16.8 Å². The molecule has 0 radical (unpaired) electrons. The first-order valence-corrected chi connectivity index (χ1v) is 8.73. The molecule has 0 aliphatic carbocycles. The number of phenolic OH excluding ortho intramolecular Hbond substituents is 1. The van der Waals surface area contributed by atoms with E-state index in [1.807, 2.05) is 50.2 Å². The van der Waals surface area contributed by atoms with Crippen LogP contribution in [-0.2, 0) is 11.3 Å². The van der Waals surface area contributed by atoms with Crippen LogP contribution in [0.3, 0.4) is 0 Å². The highest BCUT2D eigenvalue weighted by atomic mass is 16.5. The number of carbonyl (C=O) groups excluding carboxylic acids is 1. The molecule has 0 saturated heterocycles. The number of aromatic hydroxyl groups is 1. The number of pyridine rings is 1. The zero-order valence-electron chi connectivity index (χ0n) is 15.4. The largest absolute Gasteiger partial charge is 0.506 e. The maximum atomic E-state index is 12.9. The van der Waals surface area contributed by atoms with E-state index < -0.39 is 0 Å². The lowest BCUT2D eigenvalue weighted by molar-refractivity contribution is -0.120. The van der Waals surface area contributed by atoms with Crippen LogP contribution in [0.4, 0.5) is 5.69 Å². The Morgan fingerprint density at radius 2 is 1.81 bits per heavy atom. The molecule has 138 valence electrons. The van der Waals surface area contributed by atoms with Crippen molar-refractivity contribution >= 4 is 11.6 Å². The number of rotatable bonds is 6. The Morgan fingerprint density at radius 1 is 1.04 bits per heavy atom. The van der Waals surface area contributed by atoms with Crippen molar-refractivity contribution in [3.05, 3.63) is 83.7 Å². The van der Waals surface area contributed by atoms with Gasteiger partial charge >= 0.3 is 0 Å². The van der Waals surface area contributed by atoms with Crippen LogP contribution < -0.4 is 9.64 Å². The number of benzene rings is 2. The zero-order valence-corrected chi connectivity index (χ0v) is 15.4. The van der Waals surface area contributed by atoms with Gasteiger partial charge in [-0.3, -0.25) is 14.7 Å². The summed E-state index contributed by atoms with van der Waals surface area (Å²) in [6, 6.07) is 18.0. The third-order valence-electron chi connectivity index (χ3n) is 4.43. The summed E-state index contributed by atoms with van der Waals surface area (Å²) in [6.07, 6.45) is 1.68. The summed E-state index contributed by atoms with van der Waals surface area (Å²) in [5.41, 5.74) is 3.26. The fourth-order valence-electron chi connectivity index (χ4n) is 2.75. The molecule has 0 spiro atoms. The minimum atomic E-state index is -0.261. The van der Waals surface area contributed by atoms with Crippen molar-refractivity contribution < 1.29 is 14.6 Å². The maximum absolute atomic E-state index is 12.9. The number of ether oxygens (including phenoxy) is 1. The monoisotopic (exact) mass is 362 g/mol. The minimum absolute atomic E-state index is 0.0357. The van der Waals surface area contributed by atoms with Gasteiger partial charge < -0.3 is 9.84 Å². The molecule has 0 atom stereocenters. The molecule has 0 saturated carbocycles. The Bertz CT molecular complexity index is 926. The number of phenols is 1. The Balaban J connectivity index is 1.82. The van der Waals surface area contributed by atoms with E-state index in [-0.39, 0.29) is 24.8 Å². The van der Waals surface area contributed by atoms with Crippen LogP contribution in [0, 0.1) is 13.8 Å². The molecule has 0 bridgehead atoms. The summed E-state index contributed by atoms with van der Waals surface area (Å²) in [6.45, 7) is 4.07. The molecule has 2 aromatic carbocycles. The second-order valence-corrected chi connectivity index (χ2v) is 6.28. The first kappa shape index (κ1) is 18.5. The quantitative estimate of drug-likeness (QED) is 0.719. The number of anilines is 1. The van der Waals surface area contributed by atoms with Crippen molar-refractivity contribution in [2.75, 3.05) is 11.5 Å².